The largest absolute Gasteiger partial charge is 0.337 e. The highest BCUT2D eigenvalue weighted by molar-refractivity contribution is 6.31. The molecule has 2 N–H and O–H groups in total. The lowest BCUT2D eigenvalue weighted by Gasteiger charge is -2.13. The van der Waals surface area contributed by atoms with E-state index in [1.54, 1.807) is 19.1 Å². The fraction of sp³-hybridized carbons (Fsp3) is 0.0500. The minimum absolute atomic E-state index is 0.0659. The molecule has 1 amide bonds. The number of nitrogens with zero attached hydrogens (tertiary/aromatic N) is 2. The lowest BCUT2D eigenvalue weighted by molar-refractivity contribution is 0.102. The molecular weight excluding hydrogens is 440 g/mol. The monoisotopic (exact) mass is 450 g/mol. The van der Waals surface area contributed by atoms with E-state index in [9.17, 15) is 18.0 Å². The number of halogens is 5. The number of aromatic nitrogens is 3. The number of H-pyrrole nitrogens is 1. The summed E-state index contributed by atoms with van der Waals surface area (Å²) in [5, 5.41) is 2.20. The van der Waals surface area contributed by atoms with Crippen LogP contribution in [0.1, 0.15) is 15.9 Å². The van der Waals surface area contributed by atoms with Crippen LogP contribution in [0.25, 0.3) is 22.6 Å². The standard InChI is InChI=1S/C20H11Cl2F3N4O/c1-8-11(18-26-13-4-5-15(22)28-19(13)29-18)6-9(23)7-14(8)27-20(30)10-2-3-12(21)17(25)16(10)24/h2-7H,1H3,(H,27,30)(H,26,28,29). The van der Waals surface area contributed by atoms with Gasteiger partial charge in [-0.3, -0.25) is 4.79 Å². The molecule has 4 aromatic rings. The van der Waals surface area contributed by atoms with E-state index in [2.05, 4.69) is 20.3 Å². The van der Waals surface area contributed by atoms with Crippen molar-refractivity contribution in [2.75, 3.05) is 5.32 Å². The zero-order chi connectivity index (χ0) is 21.6. The summed E-state index contributed by atoms with van der Waals surface area (Å²) in [4.78, 5) is 23.8. The third kappa shape index (κ3) is 3.59. The highest BCUT2D eigenvalue weighted by Crippen LogP contribution is 2.30. The maximum atomic E-state index is 14.3. The number of fused-ring (bicyclic) bond motifs is 1. The van der Waals surface area contributed by atoms with Crippen molar-refractivity contribution in [2.24, 2.45) is 0 Å². The lowest BCUT2D eigenvalue weighted by Crippen LogP contribution is -2.16. The molecule has 2 aromatic heterocycles. The van der Waals surface area contributed by atoms with Crippen LogP contribution in [-0.2, 0) is 0 Å². The van der Waals surface area contributed by atoms with E-state index in [1.807, 2.05) is 0 Å². The Balaban J connectivity index is 1.74. The number of hydrogen-bond acceptors (Lipinski definition) is 3. The molecule has 2 heterocycles. The van der Waals surface area contributed by atoms with Gasteiger partial charge in [-0.2, -0.15) is 0 Å². The number of pyridine rings is 1. The lowest BCUT2D eigenvalue weighted by atomic mass is 10.1. The first-order valence-corrected chi connectivity index (χ1v) is 9.28. The van der Waals surface area contributed by atoms with E-state index < -0.39 is 33.9 Å². The normalized spacial score (nSPS) is 11.1. The third-order valence-electron chi connectivity index (χ3n) is 4.47. The molecule has 2 aromatic carbocycles. The zero-order valence-corrected chi connectivity index (χ0v) is 16.7. The molecule has 0 radical (unpaired) electrons. The van der Waals surface area contributed by atoms with Gasteiger partial charge in [0.2, 0.25) is 0 Å². The number of nitrogens with one attached hydrogen (secondary N) is 2. The Morgan fingerprint density at radius 3 is 2.57 bits per heavy atom. The minimum atomic E-state index is -1.39. The van der Waals surface area contributed by atoms with E-state index >= 15 is 0 Å². The number of aromatic amines is 1. The number of carbonyl (C=O) groups is 1. The Morgan fingerprint density at radius 2 is 1.80 bits per heavy atom. The summed E-state index contributed by atoms with van der Waals surface area (Å²) in [6.07, 6.45) is 0. The number of rotatable bonds is 3. The molecule has 0 aliphatic heterocycles. The van der Waals surface area contributed by atoms with Crippen molar-refractivity contribution in [1.82, 2.24) is 15.0 Å². The van der Waals surface area contributed by atoms with E-state index in [1.165, 1.54) is 6.07 Å². The van der Waals surface area contributed by atoms with E-state index in [0.717, 1.165) is 18.2 Å². The van der Waals surface area contributed by atoms with Gasteiger partial charge in [-0.1, -0.05) is 23.2 Å². The van der Waals surface area contributed by atoms with Gasteiger partial charge in [-0.25, -0.2) is 23.1 Å². The van der Waals surface area contributed by atoms with Crippen molar-refractivity contribution in [3.8, 4) is 11.4 Å². The van der Waals surface area contributed by atoms with Crippen LogP contribution < -0.4 is 5.32 Å². The van der Waals surface area contributed by atoms with Crippen LogP contribution in [0.2, 0.25) is 10.2 Å². The molecule has 0 fully saturated rings. The van der Waals surface area contributed by atoms with Gasteiger partial charge in [0.25, 0.3) is 5.91 Å². The van der Waals surface area contributed by atoms with Crippen molar-refractivity contribution in [3.05, 3.63) is 75.2 Å². The van der Waals surface area contributed by atoms with Crippen LogP contribution >= 0.6 is 23.2 Å². The maximum Gasteiger partial charge on any atom is 0.258 e. The predicted molar refractivity (Wildman–Crippen MR) is 108 cm³/mol. The van der Waals surface area contributed by atoms with Gasteiger partial charge in [0, 0.05) is 11.3 Å². The second-order valence-corrected chi connectivity index (χ2v) is 7.19. The first-order chi connectivity index (χ1) is 14.2. The minimum Gasteiger partial charge on any atom is -0.337 e. The summed E-state index contributed by atoms with van der Waals surface area (Å²) in [5.41, 5.74) is 1.22. The third-order valence-corrected chi connectivity index (χ3v) is 4.97. The SMILES string of the molecule is Cc1c(NC(=O)c2ccc(Cl)c(F)c2F)cc(F)cc1-c1nc2nc(Cl)ccc2[nH]1. The van der Waals surface area contributed by atoms with Gasteiger partial charge in [0.05, 0.1) is 16.1 Å². The second-order valence-electron chi connectivity index (χ2n) is 6.39. The molecule has 0 saturated carbocycles. The molecule has 0 saturated heterocycles. The highest BCUT2D eigenvalue weighted by Gasteiger charge is 2.20. The van der Waals surface area contributed by atoms with Crippen molar-refractivity contribution >= 4 is 46.0 Å². The topological polar surface area (TPSA) is 70.7 Å². The number of anilines is 1. The number of benzene rings is 2. The van der Waals surface area contributed by atoms with Gasteiger partial charge in [-0.05, 0) is 48.9 Å². The Labute approximate surface area is 177 Å². The molecule has 0 atom stereocenters. The molecule has 4 rings (SSSR count). The fourth-order valence-electron chi connectivity index (χ4n) is 2.94. The van der Waals surface area contributed by atoms with E-state index in [0.29, 0.717) is 28.1 Å². The summed E-state index contributed by atoms with van der Waals surface area (Å²) in [6, 6.07) is 7.66. The quantitative estimate of drug-likeness (QED) is 0.301. The first-order valence-electron chi connectivity index (χ1n) is 8.52. The molecule has 0 bridgehead atoms. The summed E-state index contributed by atoms with van der Waals surface area (Å²) < 4.78 is 42.0. The van der Waals surface area contributed by atoms with Crippen molar-refractivity contribution in [2.45, 2.75) is 6.92 Å². The Kier molecular flexibility index (Phi) is 5.13. The highest BCUT2D eigenvalue weighted by atomic mass is 35.5. The molecule has 10 heteroatoms. The molecule has 5 nitrogen and oxygen atoms in total. The molecule has 0 aliphatic carbocycles. The van der Waals surface area contributed by atoms with Gasteiger partial charge in [-0.15, -0.1) is 0 Å². The van der Waals surface area contributed by atoms with Crippen LogP contribution in [0.15, 0.2) is 36.4 Å². The summed E-state index contributed by atoms with van der Waals surface area (Å²) >= 11 is 11.4. The van der Waals surface area contributed by atoms with Crippen LogP contribution in [0, 0.1) is 24.4 Å². The molecular formula is C20H11Cl2F3N4O. The van der Waals surface area contributed by atoms with Gasteiger partial charge >= 0.3 is 0 Å². The van der Waals surface area contributed by atoms with Crippen LogP contribution in [0.4, 0.5) is 18.9 Å². The predicted octanol–water partition coefficient (Wildman–Crippen LogP) is 5.91. The smallest absolute Gasteiger partial charge is 0.258 e. The summed E-state index contributed by atoms with van der Waals surface area (Å²) in [6.45, 7) is 1.62. The summed E-state index contributed by atoms with van der Waals surface area (Å²) in [5.74, 6) is -4.05. The van der Waals surface area contributed by atoms with Gasteiger partial charge < -0.3 is 10.3 Å². The fourth-order valence-corrected chi connectivity index (χ4v) is 3.23. The number of carbonyl (C=O) groups excluding carboxylic acids is 1. The van der Waals surface area contributed by atoms with Gasteiger partial charge in [0.1, 0.15) is 16.8 Å². The molecule has 152 valence electrons. The number of imidazole rings is 1. The first kappa shape index (κ1) is 20.2. The summed E-state index contributed by atoms with van der Waals surface area (Å²) in [7, 11) is 0. The molecule has 0 aliphatic rings. The average Bonchev–Trinajstić information content (AvgIpc) is 3.11. The van der Waals surface area contributed by atoms with E-state index in [-0.39, 0.29) is 10.8 Å². The molecule has 30 heavy (non-hydrogen) atoms. The van der Waals surface area contributed by atoms with Crippen LogP contribution in [0.3, 0.4) is 0 Å². The molecule has 0 unspecified atom stereocenters. The maximum absolute atomic E-state index is 14.3. The van der Waals surface area contributed by atoms with Crippen molar-refractivity contribution in [3.63, 3.8) is 0 Å². The Bertz CT molecular complexity index is 1320. The Morgan fingerprint density at radius 1 is 1.03 bits per heavy atom. The second kappa shape index (κ2) is 7.62. The number of amides is 1. The van der Waals surface area contributed by atoms with Crippen molar-refractivity contribution in [1.29, 1.82) is 0 Å². The van der Waals surface area contributed by atoms with E-state index in [4.69, 9.17) is 23.2 Å². The zero-order valence-electron chi connectivity index (χ0n) is 15.2. The number of hydrogen-bond donors (Lipinski definition) is 2. The Hall–Kier alpha value is -3.10. The van der Waals surface area contributed by atoms with Crippen LogP contribution in [0.5, 0.6) is 0 Å². The average molecular weight is 451 g/mol. The van der Waals surface area contributed by atoms with Crippen LogP contribution in [-0.4, -0.2) is 20.9 Å². The molecule has 0 spiro atoms. The van der Waals surface area contributed by atoms with Crippen molar-refractivity contribution < 1.29 is 18.0 Å². The van der Waals surface area contributed by atoms with Gasteiger partial charge in [0.15, 0.2) is 17.3 Å².